The molecule has 5 nitrogen and oxygen atoms in total. The van der Waals surface area contributed by atoms with Gasteiger partial charge in [0.2, 0.25) is 0 Å². The zero-order valence-electron chi connectivity index (χ0n) is 12.1. The van der Waals surface area contributed by atoms with Gasteiger partial charge in [-0.3, -0.25) is 9.59 Å². The van der Waals surface area contributed by atoms with E-state index in [9.17, 15) is 9.59 Å². The van der Waals surface area contributed by atoms with Crippen molar-refractivity contribution in [2.45, 2.75) is 64.5 Å². The Morgan fingerprint density at radius 3 is 2.26 bits per heavy atom. The molecule has 1 saturated carbocycles. The molecule has 0 aromatic rings. The summed E-state index contributed by atoms with van der Waals surface area (Å²) >= 11 is 0. The Labute approximate surface area is 114 Å². The van der Waals surface area contributed by atoms with Gasteiger partial charge < -0.3 is 15.2 Å². The summed E-state index contributed by atoms with van der Waals surface area (Å²) in [5, 5.41) is 11.9. The molecule has 0 amide bonds. The third-order valence-corrected chi connectivity index (χ3v) is 3.27. The number of aliphatic carboxylic acids is 1. The normalized spacial score (nSPS) is 23.9. The van der Waals surface area contributed by atoms with Gasteiger partial charge in [-0.25, -0.2) is 0 Å². The third-order valence-electron chi connectivity index (χ3n) is 3.27. The second kappa shape index (κ2) is 6.89. The minimum absolute atomic E-state index is 0.228. The Morgan fingerprint density at radius 2 is 1.79 bits per heavy atom. The number of hydrogen-bond donors (Lipinski definition) is 2. The van der Waals surface area contributed by atoms with Crippen molar-refractivity contribution in [1.82, 2.24) is 5.32 Å². The molecule has 0 atom stereocenters. The lowest BCUT2D eigenvalue weighted by molar-refractivity contribution is -0.153. The molecule has 0 aliphatic heterocycles. The van der Waals surface area contributed by atoms with Crippen molar-refractivity contribution in [1.29, 1.82) is 0 Å². The fourth-order valence-electron chi connectivity index (χ4n) is 2.42. The van der Waals surface area contributed by atoms with Gasteiger partial charge in [-0.2, -0.15) is 0 Å². The van der Waals surface area contributed by atoms with Crippen molar-refractivity contribution in [3.63, 3.8) is 0 Å². The molecular weight excluding hydrogens is 246 g/mol. The summed E-state index contributed by atoms with van der Waals surface area (Å²) in [6.07, 6.45) is 3.96. The van der Waals surface area contributed by atoms with Crippen molar-refractivity contribution in [2.75, 3.05) is 6.54 Å². The molecule has 0 spiro atoms. The highest BCUT2D eigenvalue weighted by Gasteiger charge is 2.24. The van der Waals surface area contributed by atoms with Crippen molar-refractivity contribution < 1.29 is 19.4 Å². The van der Waals surface area contributed by atoms with Crippen LogP contribution in [-0.2, 0) is 14.3 Å². The second-order valence-electron chi connectivity index (χ2n) is 6.28. The van der Waals surface area contributed by atoms with Crippen LogP contribution in [0.5, 0.6) is 0 Å². The summed E-state index contributed by atoms with van der Waals surface area (Å²) in [5.41, 5.74) is -0.447. The molecule has 0 heterocycles. The number of esters is 1. The summed E-state index contributed by atoms with van der Waals surface area (Å²) in [6.45, 7) is 5.78. The van der Waals surface area contributed by atoms with Crippen LogP contribution in [0, 0.1) is 5.92 Å². The van der Waals surface area contributed by atoms with Crippen LogP contribution in [0.15, 0.2) is 0 Å². The predicted octanol–water partition coefficient (Wildman–Crippen LogP) is 1.95. The summed E-state index contributed by atoms with van der Waals surface area (Å²) in [6, 6.07) is 0.303. The summed E-state index contributed by atoms with van der Waals surface area (Å²) in [7, 11) is 0. The fourth-order valence-corrected chi connectivity index (χ4v) is 2.42. The average molecular weight is 271 g/mol. The molecule has 1 aliphatic carbocycles. The van der Waals surface area contributed by atoms with Crippen molar-refractivity contribution in [2.24, 2.45) is 5.92 Å². The van der Waals surface area contributed by atoms with Crippen molar-refractivity contribution in [3.8, 4) is 0 Å². The molecule has 0 unspecified atom stereocenters. The first-order valence-corrected chi connectivity index (χ1v) is 6.93. The van der Waals surface area contributed by atoms with Gasteiger partial charge in [0.25, 0.3) is 0 Å². The van der Waals surface area contributed by atoms with Crippen LogP contribution in [-0.4, -0.2) is 35.2 Å². The standard InChI is InChI=1S/C14H25NO4/c1-14(2,3)19-13(18)9-15-11-6-4-10(5-7-11)8-12(16)17/h10-11,15H,4-9H2,1-3H3,(H,16,17). The lowest BCUT2D eigenvalue weighted by atomic mass is 9.84. The van der Waals surface area contributed by atoms with E-state index in [0.717, 1.165) is 25.7 Å². The van der Waals surface area contributed by atoms with E-state index in [1.807, 2.05) is 20.8 Å². The molecule has 1 rings (SSSR count). The predicted molar refractivity (Wildman–Crippen MR) is 71.8 cm³/mol. The van der Waals surface area contributed by atoms with Crippen molar-refractivity contribution >= 4 is 11.9 Å². The largest absolute Gasteiger partial charge is 0.481 e. The summed E-state index contributed by atoms with van der Waals surface area (Å²) < 4.78 is 5.22. The summed E-state index contributed by atoms with van der Waals surface area (Å²) in [4.78, 5) is 22.2. The van der Waals surface area contributed by atoms with Crippen LogP contribution in [0.25, 0.3) is 0 Å². The number of ether oxygens (including phenoxy) is 1. The lowest BCUT2D eigenvalue weighted by Gasteiger charge is -2.28. The number of rotatable bonds is 5. The average Bonchev–Trinajstić information content (AvgIpc) is 2.25. The number of carbonyl (C=O) groups excluding carboxylic acids is 1. The Hall–Kier alpha value is -1.10. The zero-order valence-corrected chi connectivity index (χ0v) is 12.1. The molecule has 0 saturated heterocycles. The van der Waals surface area contributed by atoms with E-state index in [1.54, 1.807) is 0 Å². The minimum atomic E-state index is -0.717. The van der Waals surface area contributed by atoms with Crippen LogP contribution in [0.4, 0.5) is 0 Å². The van der Waals surface area contributed by atoms with Crippen LogP contribution in [0.1, 0.15) is 52.9 Å². The van der Waals surface area contributed by atoms with Crippen LogP contribution in [0.2, 0.25) is 0 Å². The maximum absolute atomic E-state index is 11.5. The highest BCUT2D eigenvalue weighted by atomic mass is 16.6. The Kier molecular flexibility index (Phi) is 5.79. The Morgan fingerprint density at radius 1 is 1.21 bits per heavy atom. The number of carboxylic acids is 1. The fraction of sp³-hybridized carbons (Fsp3) is 0.857. The highest BCUT2D eigenvalue weighted by Crippen LogP contribution is 2.26. The number of nitrogens with one attached hydrogen (secondary N) is 1. The maximum Gasteiger partial charge on any atom is 0.320 e. The lowest BCUT2D eigenvalue weighted by Crippen LogP contribution is -2.39. The molecule has 1 aliphatic rings. The van der Waals surface area contributed by atoms with E-state index >= 15 is 0 Å². The molecule has 0 bridgehead atoms. The van der Waals surface area contributed by atoms with Crippen LogP contribution >= 0.6 is 0 Å². The van der Waals surface area contributed by atoms with E-state index < -0.39 is 11.6 Å². The SMILES string of the molecule is CC(C)(C)OC(=O)CNC1CCC(CC(=O)O)CC1. The van der Waals surface area contributed by atoms with E-state index in [1.165, 1.54) is 0 Å². The van der Waals surface area contributed by atoms with E-state index in [-0.39, 0.29) is 24.9 Å². The van der Waals surface area contributed by atoms with Gasteiger partial charge in [0.15, 0.2) is 0 Å². The van der Waals surface area contributed by atoms with Gasteiger partial charge in [0, 0.05) is 12.5 Å². The monoisotopic (exact) mass is 271 g/mol. The molecule has 1 fully saturated rings. The van der Waals surface area contributed by atoms with Crippen LogP contribution < -0.4 is 5.32 Å². The first kappa shape index (κ1) is 16.0. The minimum Gasteiger partial charge on any atom is -0.481 e. The number of carbonyl (C=O) groups is 2. The molecule has 0 aromatic heterocycles. The first-order chi connectivity index (χ1) is 8.76. The summed E-state index contributed by atoms with van der Waals surface area (Å²) in [5.74, 6) is -0.664. The van der Waals surface area contributed by atoms with Crippen LogP contribution in [0.3, 0.4) is 0 Å². The zero-order chi connectivity index (χ0) is 14.5. The van der Waals surface area contributed by atoms with Gasteiger partial charge in [-0.15, -0.1) is 0 Å². The topological polar surface area (TPSA) is 75.6 Å². The molecular formula is C14H25NO4. The van der Waals surface area contributed by atoms with Gasteiger partial charge in [-0.05, 0) is 52.4 Å². The number of hydrogen-bond acceptors (Lipinski definition) is 4. The molecule has 5 heteroatoms. The molecule has 110 valence electrons. The van der Waals surface area contributed by atoms with Gasteiger partial charge in [0.1, 0.15) is 5.60 Å². The number of carboxylic acid groups (broad SMARTS) is 1. The van der Waals surface area contributed by atoms with Gasteiger partial charge in [-0.1, -0.05) is 0 Å². The quantitative estimate of drug-likeness (QED) is 0.747. The second-order valence-corrected chi connectivity index (χ2v) is 6.28. The van der Waals surface area contributed by atoms with Crippen molar-refractivity contribution in [3.05, 3.63) is 0 Å². The smallest absolute Gasteiger partial charge is 0.320 e. The molecule has 2 N–H and O–H groups in total. The van der Waals surface area contributed by atoms with E-state index in [2.05, 4.69) is 5.32 Å². The van der Waals surface area contributed by atoms with E-state index in [0.29, 0.717) is 6.04 Å². The Balaban J connectivity index is 2.19. The Bertz CT molecular complexity index is 314. The molecule has 0 aromatic carbocycles. The first-order valence-electron chi connectivity index (χ1n) is 6.93. The molecule has 19 heavy (non-hydrogen) atoms. The van der Waals surface area contributed by atoms with E-state index in [4.69, 9.17) is 9.84 Å². The van der Waals surface area contributed by atoms with Gasteiger partial charge in [0.05, 0.1) is 6.54 Å². The van der Waals surface area contributed by atoms with Gasteiger partial charge >= 0.3 is 11.9 Å². The third kappa shape index (κ3) is 7.15. The highest BCUT2D eigenvalue weighted by molar-refractivity contribution is 5.72. The maximum atomic E-state index is 11.5. The molecule has 0 radical (unpaired) electrons.